The smallest absolute Gasteiger partial charge is 0.158 e. The van der Waals surface area contributed by atoms with Crippen LogP contribution in [-0.2, 0) is 4.79 Å². The van der Waals surface area contributed by atoms with Gasteiger partial charge in [-0.1, -0.05) is 0 Å². The molecule has 0 heterocycles. The van der Waals surface area contributed by atoms with E-state index in [1.165, 1.54) is 0 Å². The largest absolute Gasteiger partial charge is 0.393 e. The summed E-state index contributed by atoms with van der Waals surface area (Å²) < 4.78 is 0. The maximum Gasteiger partial charge on any atom is 0.158 e. The Morgan fingerprint density at radius 3 is 2.33 bits per heavy atom. The van der Waals surface area contributed by atoms with Crippen molar-refractivity contribution in [3.8, 4) is 0 Å². The van der Waals surface area contributed by atoms with E-state index in [2.05, 4.69) is 0 Å². The minimum absolute atomic E-state index is 0.0728. The monoisotopic (exact) mass is 172 g/mol. The fourth-order valence-corrected chi connectivity index (χ4v) is 1.74. The molecule has 1 saturated carbocycles. The highest BCUT2D eigenvalue weighted by Crippen LogP contribution is 2.26. The Morgan fingerprint density at radius 1 is 1.25 bits per heavy atom. The van der Waals surface area contributed by atoms with Gasteiger partial charge in [0.1, 0.15) is 6.61 Å². The van der Waals surface area contributed by atoms with E-state index in [0.29, 0.717) is 12.3 Å². The molecule has 12 heavy (non-hydrogen) atoms. The second kappa shape index (κ2) is 4.58. The first kappa shape index (κ1) is 9.68. The minimum Gasteiger partial charge on any atom is -0.393 e. The van der Waals surface area contributed by atoms with E-state index in [1.807, 2.05) is 0 Å². The molecular weight excluding hydrogens is 156 g/mol. The Morgan fingerprint density at radius 2 is 1.83 bits per heavy atom. The number of hydrogen-bond acceptors (Lipinski definition) is 3. The SMILES string of the molecule is O=C(CO)CC1CCC(O)CC1. The van der Waals surface area contributed by atoms with E-state index in [0.717, 1.165) is 25.7 Å². The van der Waals surface area contributed by atoms with Gasteiger partial charge in [0.2, 0.25) is 0 Å². The zero-order valence-corrected chi connectivity index (χ0v) is 7.20. The Bertz CT molecular complexity index is 148. The van der Waals surface area contributed by atoms with Crippen molar-refractivity contribution in [1.29, 1.82) is 0 Å². The van der Waals surface area contributed by atoms with Crippen molar-refractivity contribution in [1.82, 2.24) is 0 Å². The number of aliphatic hydroxyl groups is 2. The topological polar surface area (TPSA) is 57.5 Å². The molecule has 3 nitrogen and oxygen atoms in total. The molecule has 3 heteroatoms. The van der Waals surface area contributed by atoms with Crippen LogP contribution >= 0.6 is 0 Å². The lowest BCUT2D eigenvalue weighted by Gasteiger charge is -2.24. The van der Waals surface area contributed by atoms with Crippen LogP contribution in [0.2, 0.25) is 0 Å². The molecule has 0 radical (unpaired) electrons. The Balaban J connectivity index is 2.21. The number of aliphatic hydroxyl groups excluding tert-OH is 2. The van der Waals surface area contributed by atoms with Gasteiger partial charge < -0.3 is 10.2 Å². The third kappa shape index (κ3) is 2.91. The van der Waals surface area contributed by atoms with E-state index in [4.69, 9.17) is 5.11 Å². The number of carbonyl (C=O) groups is 1. The molecule has 0 spiro atoms. The van der Waals surface area contributed by atoms with Crippen molar-refractivity contribution in [3.05, 3.63) is 0 Å². The second-order valence-corrected chi connectivity index (χ2v) is 3.58. The molecule has 1 aliphatic rings. The number of Topliss-reactive ketones (excluding diaryl/α,β-unsaturated/α-hetero) is 1. The number of rotatable bonds is 3. The molecule has 2 N–H and O–H groups in total. The van der Waals surface area contributed by atoms with Gasteiger partial charge in [-0.3, -0.25) is 4.79 Å². The van der Waals surface area contributed by atoms with Crippen LogP contribution in [0.3, 0.4) is 0 Å². The van der Waals surface area contributed by atoms with E-state index in [9.17, 15) is 9.90 Å². The van der Waals surface area contributed by atoms with E-state index < -0.39 is 0 Å². The quantitative estimate of drug-likeness (QED) is 0.651. The maximum atomic E-state index is 10.8. The Labute approximate surface area is 72.4 Å². The second-order valence-electron chi connectivity index (χ2n) is 3.58. The molecule has 0 bridgehead atoms. The van der Waals surface area contributed by atoms with E-state index in [1.54, 1.807) is 0 Å². The summed E-state index contributed by atoms with van der Waals surface area (Å²) in [5, 5.41) is 17.7. The van der Waals surface area contributed by atoms with Crippen LogP contribution in [0.5, 0.6) is 0 Å². The van der Waals surface area contributed by atoms with Crippen molar-refractivity contribution >= 4 is 5.78 Å². The molecule has 0 unspecified atom stereocenters. The van der Waals surface area contributed by atoms with Gasteiger partial charge in [0.25, 0.3) is 0 Å². The van der Waals surface area contributed by atoms with Crippen LogP contribution in [0.4, 0.5) is 0 Å². The average Bonchev–Trinajstić information content (AvgIpc) is 2.09. The summed E-state index contributed by atoms with van der Waals surface area (Å²) >= 11 is 0. The van der Waals surface area contributed by atoms with E-state index in [-0.39, 0.29) is 18.5 Å². The molecule has 0 amide bonds. The first-order chi connectivity index (χ1) is 5.72. The zero-order valence-electron chi connectivity index (χ0n) is 7.20. The molecule has 0 saturated heterocycles. The molecule has 0 aromatic rings. The van der Waals surface area contributed by atoms with E-state index >= 15 is 0 Å². The average molecular weight is 172 g/mol. The summed E-state index contributed by atoms with van der Waals surface area (Å²) in [6.45, 7) is -0.334. The van der Waals surface area contributed by atoms with Crippen molar-refractivity contribution in [2.45, 2.75) is 38.2 Å². The Kier molecular flexibility index (Phi) is 3.69. The van der Waals surface area contributed by atoms with Crippen LogP contribution < -0.4 is 0 Å². The lowest BCUT2D eigenvalue weighted by Crippen LogP contribution is -2.21. The molecule has 1 fully saturated rings. The highest BCUT2D eigenvalue weighted by molar-refractivity contribution is 5.79. The lowest BCUT2D eigenvalue weighted by atomic mass is 9.84. The zero-order chi connectivity index (χ0) is 8.97. The van der Waals surface area contributed by atoms with Gasteiger partial charge >= 0.3 is 0 Å². The molecule has 1 rings (SSSR count). The third-order valence-electron chi connectivity index (χ3n) is 2.51. The summed E-state index contributed by atoms with van der Waals surface area (Å²) in [7, 11) is 0. The third-order valence-corrected chi connectivity index (χ3v) is 2.51. The molecule has 0 aromatic carbocycles. The Hall–Kier alpha value is -0.410. The van der Waals surface area contributed by atoms with Crippen molar-refractivity contribution < 1.29 is 15.0 Å². The molecule has 70 valence electrons. The van der Waals surface area contributed by atoms with Crippen LogP contribution in [0.15, 0.2) is 0 Å². The number of hydrogen-bond donors (Lipinski definition) is 2. The first-order valence-electron chi connectivity index (χ1n) is 4.53. The standard InChI is InChI=1S/C9H16O3/c10-6-9(12)5-7-1-3-8(11)4-2-7/h7-8,10-11H,1-6H2. The maximum absolute atomic E-state index is 10.8. The van der Waals surface area contributed by atoms with Gasteiger partial charge in [-0.2, -0.15) is 0 Å². The molecule has 0 atom stereocenters. The predicted molar refractivity (Wildman–Crippen MR) is 44.7 cm³/mol. The first-order valence-corrected chi connectivity index (χ1v) is 4.53. The summed E-state index contributed by atoms with van der Waals surface area (Å²) in [5.74, 6) is 0.324. The normalized spacial score (nSPS) is 30.2. The van der Waals surface area contributed by atoms with Gasteiger partial charge in [0.15, 0.2) is 5.78 Å². The predicted octanol–water partition coefficient (Wildman–Crippen LogP) is 0.489. The number of ketones is 1. The van der Waals surface area contributed by atoms with Gasteiger partial charge in [-0.15, -0.1) is 0 Å². The number of carbonyl (C=O) groups excluding carboxylic acids is 1. The lowest BCUT2D eigenvalue weighted by molar-refractivity contribution is -0.123. The fourth-order valence-electron chi connectivity index (χ4n) is 1.74. The van der Waals surface area contributed by atoms with Crippen molar-refractivity contribution in [2.24, 2.45) is 5.92 Å². The highest BCUT2D eigenvalue weighted by atomic mass is 16.3. The van der Waals surface area contributed by atoms with Crippen LogP contribution in [0, 0.1) is 5.92 Å². The van der Waals surface area contributed by atoms with Gasteiger partial charge in [-0.05, 0) is 31.6 Å². The fraction of sp³-hybridized carbons (Fsp3) is 0.889. The molecular formula is C9H16O3. The summed E-state index contributed by atoms with van der Waals surface area (Å²) in [5.41, 5.74) is 0. The van der Waals surface area contributed by atoms with Crippen LogP contribution in [0.25, 0.3) is 0 Å². The minimum atomic E-state index is -0.334. The van der Waals surface area contributed by atoms with Gasteiger partial charge in [0, 0.05) is 6.42 Å². The molecule has 0 aliphatic heterocycles. The van der Waals surface area contributed by atoms with Gasteiger partial charge in [0.05, 0.1) is 6.10 Å². The van der Waals surface area contributed by atoms with Crippen molar-refractivity contribution in [2.75, 3.05) is 6.61 Å². The highest BCUT2D eigenvalue weighted by Gasteiger charge is 2.20. The molecule has 1 aliphatic carbocycles. The summed E-state index contributed by atoms with van der Waals surface area (Å²) in [6.07, 6.45) is 3.79. The summed E-state index contributed by atoms with van der Waals surface area (Å²) in [4.78, 5) is 10.8. The van der Waals surface area contributed by atoms with Crippen LogP contribution in [0.1, 0.15) is 32.1 Å². The van der Waals surface area contributed by atoms with Crippen LogP contribution in [-0.4, -0.2) is 28.7 Å². The molecule has 0 aromatic heterocycles. The van der Waals surface area contributed by atoms with Crippen molar-refractivity contribution in [3.63, 3.8) is 0 Å². The van der Waals surface area contributed by atoms with Gasteiger partial charge in [-0.25, -0.2) is 0 Å². The summed E-state index contributed by atoms with van der Waals surface area (Å²) in [6, 6.07) is 0.